The van der Waals surface area contributed by atoms with E-state index in [9.17, 15) is 18.3 Å². The summed E-state index contributed by atoms with van der Waals surface area (Å²) in [5, 5.41) is 15.8. The average Bonchev–Trinajstić information content (AvgIpc) is 3.17. The minimum absolute atomic E-state index is 0.145. The van der Waals surface area contributed by atoms with Gasteiger partial charge in [0.2, 0.25) is 5.60 Å². The number of alkyl halides is 3. The number of para-hydroxylation sites is 2. The van der Waals surface area contributed by atoms with Gasteiger partial charge in [0.25, 0.3) is 0 Å². The summed E-state index contributed by atoms with van der Waals surface area (Å²) in [4.78, 5) is 0.710. The second-order valence-corrected chi connectivity index (χ2v) is 10.5. The van der Waals surface area contributed by atoms with Crippen molar-refractivity contribution in [3.8, 4) is 5.69 Å². The molecule has 0 saturated carbocycles. The summed E-state index contributed by atoms with van der Waals surface area (Å²) in [5.41, 5.74) is -0.665. The number of rotatable bonds is 5. The van der Waals surface area contributed by atoms with E-state index in [0.29, 0.717) is 16.1 Å². The van der Waals surface area contributed by atoms with Gasteiger partial charge in [0, 0.05) is 16.0 Å². The standard InChI is InChI=1S/C27H27F3N2OS/c1-18-14-15-19(25(2,3)4)16-23(18)34-17-26(33,27(28,29)30)24-21-12-8-9-13-22(21)32(31-24)20-10-6-5-7-11-20/h5-16,33H,17H2,1-4H3. The SMILES string of the molecule is Cc1ccc(C(C)(C)C)cc1SCC(O)(c1nn(-c2ccccc2)c2ccccc12)C(F)(F)F. The van der Waals surface area contributed by atoms with Gasteiger partial charge in [0.15, 0.2) is 0 Å². The summed E-state index contributed by atoms with van der Waals surface area (Å²) in [5.74, 6) is -0.610. The highest BCUT2D eigenvalue weighted by atomic mass is 32.2. The highest BCUT2D eigenvalue weighted by Gasteiger charge is 2.57. The summed E-state index contributed by atoms with van der Waals surface area (Å²) >= 11 is 1.00. The number of fused-ring (bicyclic) bond motifs is 1. The van der Waals surface area contributed by atoms with Crippen molar-refractivity contribution in [2.24, 2.45) is 0 Å². The van der Waals surface area contributed by atoms with Crippen LogP contribution in [0.15, 0.2) is 77.7 Å². The van der Waals surface area contributed by atoms with E-state index in [1.807, 2.05) is 31.2 Å². The molecule has 0 saturated heterocycles. The zero-order valence-corrected chi connectivity index (χ0v) is 20.3. The maximum Gasteiger partial charge on any atom is 0.423 e. The third-order valence-corrected chi connectivity index (χ3v) is 7.25. The molecule has 0 aliphatic rings. The highest BCUT2D eigenvalue weighted by Crippen LogP contribution is 2.45. The molecule has 34 heavy (non-hydrogen) atoms. The predicted molar refractivity (Wildman–Crippen MR) is 132 cm³/mol. The average molecular weight is 485 g/mol. The Hall–Kier alpha value is -2.77. The molecule has 4 aromatic rings. The quantitative estimate of drug-likeness (QED) is 0.305. The first-order chi connectivity index (χ1) is 15.9. The molecular formula is C27H27F3N2OS. The van der Waals surface area contributed by atoms with E-state index in [1.54, 1.807) is 48.5 Å². The molecule has 1 heterocycles. The Morgan fingerprint density at radius 3 is 2.21 bits per heavy atom. The Balaban J connectivity index is 1.81. The van der Waals surface area contributed by atoms with E-state index >= 15 is 0 Å². The molecule has 4 rings (SSSR count). The molecule has 7 heteroatoms. The van der Waals surface area contributed by atoms with Gasteiger partial charge in [-0.05, 0) is 47.7 Å². The van der Waals surface area contributed by atoms with Crippen LogP contribution in [0.1, 0.15) is 37.6 Å². The van der Waals surface area contributed by atoms with Crippen LogP contribution in [0, 0.1) is 6.92 Å². The van der Waals surface area contributed by atoms with Crippen molar-refractivity contribution in [2.75, 3.05) is 5.75 Å². The number of aliphatic hydroxyl groups is 1. The van der Waals surface area contributed by atoms with Crippen molar-refractivity contribution in [2.45, 2.75) is 49.8 Å². The van der Waals surface area contributed by atoms with Crippen molar-refractivity contribution < 1.29 is 18.3 Å². The molecule has 3 nitrogen and oxygen atoms in total. The van der Waals surface area contributed by atoms with Crippen molar-refractivity contribution in [3.63, 3.8) is 0 Å². The van der Waals surface area contributed by atoms with Crippen molar-refractivity contribution >= 4 is 22.7 Å². The van der Waals surface area contributed by atoms with Gasteiger partial charge >= 0.3 is 6.18 Å². The Morgan fingerprint density at radius 1 is 0.912 bits per heavy atom. The lowest BCUT2D eigenvalue weighted by Gasteiger charge is -2.29. The summed E-state index contributed by atoms with van der Waals surface area (Å²) in [6.45, 7) is 8.03. The second-order valence-electron chi connectivity index (χ2n) is 9.49. The maximum absolute atomic E-state index is 14.5. The van der Waals surface area contributed by atoms with Crippen LogP contribution < -0.4 is 0 Å². The van der Waals surface area contributed by atoms with Crippen LogP contribution in [-0.4, -0.2) is 26.8 Å². The number of aryl methyl sites for hydroxylation is 1. The molecule has 1 atom stereocenters. The molecule has 1 N–H and O–H groups in total. The molecule has 1 unspecified atom stereocenters. The number of nitrogens with zero attached hydrogens (tertiary/aromatic N) is 2. The third kappa shape index (κ3) is 4.46. The monoisotopic (exact) mass is 484 g/mol. The van der Waals surface area contributed by atoms with E-state index in [4.69, 9.17) is 0 Å². The lowest BCUT2D eigenvalue weighted by Crippen LogP contribution is -2.45. The van der Waals surface area contributed by atoms with Crippen LogP contribution in [0.2, 0.25) is 0 Å². The molecule has 178 valence electrons. The fraction of sp³-hybridized carbons (Fsp3) is 0.296. The van der Waals surface area contributed by atoms with Crippen LogP contribution in [0.5, 0.6) is 0 Å². The fourth-order valence-corrected chi connectivity index (χ4v) is 5.00. The first kappa shape index (κ1) is 24.4. The van der Waals surface area contributed by atoms with Gasteiger partial charge in [-0.3, -0.25) is 0 Å². The Labute approximate surface area is 201 Å². The van der Waals surface area contributed by atoms with Crippen LogP contribution >= 0.6 is 11.8 Å². The maximum atomic E-state index is 14.5. The van der Waals surface area contributed by atoms with Crippen LogP contribution in [0.25, 0.3) is 16.6 Å². The molecule has 0 bridgehead atoms. The third-order valence-electron chi connectivity index (χ3n) is 5.94. The van der Waals surface area contributed by atoms with Gasteiger partial charge in [-0.1, -0.05) is 69.3 Å². The Kier molecular flexibility index (Phi) is 6.29. The summed E-state index contributed by atoms with van der Waals surface area (Å²) in [6, 6.07) is 21.5. The number of benzene rings is 3. The second kappa shape index (κ2) is 8.78. The molecule has 0 amide bonds. The van der Waals surface area contributed by atoms with E-state index in [1.165, 1.54) is 4.68 Å². The van der Waals surface area contributed by atoms with Crippen molar-refractivity contribution in [3.05, 3.63) is 89.6 Å². The highest BCUT2D eigenvalue weighted by molar-refractivity contribution is 7.99. The lowest BCUT2D eigenvalue weighted by atomic mass is 9.87. The molecule has 3 aromatic carbocycles. The van der Waals surface area contributed by atoms with Gasteiger partial charge < -0.3 is 5.11 Å². The van der Waals surface area contributed by atoms with E-state index < -0.39 is 23.2 Å². The molecule has 0 spiro atoms. The lowest BCUT2D eigenvalue weighted by molar-refractivity contribution is -0.257. The molecule has 0 aliphatic carbocycles. The summed E-state index contributed by atoms with van der Waals surface area (Å²) < 4.78 is 44.9. The van der Waals surface area contributed by atoms with E-state index in [2.05, 4.69) is 25.9 Å². The molecule has 0 aliphatic heterocycles. The van der Waals surface area contributed by atoms with Gasteiger partial charge in [0.1, 0.15) is 5.69 Å². The number of hydrogen-bond donors (Lipinski definition) is 1. The molecule has 1 aromatic heterocycles. The minimum Gasteiger partial charge on any atom is -0.374 e. The van der Waals surface area contributed by atoms with Crippen LogP contribution in [0.4, 0.5) is 13.2 Å². The first-order valence-electron chi connectivity index (χ1n) is 11.0. The Morgan fingerprint density at radius 2 is 1.56 bits per heavy atom. The first-order valence-corrected chi connectivity index (χ1v) is 12.0. The van der Waals surface area contributed by atoms with Crippen LogP contribution in [-0.2, 0) is 11.0 Å². The van der Waals surface area contributed by atoms with Gasteiger partial charge in [-0.15, -0.1) is 11.8 Å². The zero-order chi connectivity index (χ0) is 24.7. The molecule has 0 fully saturated rings. The fourth-order valence-electron chi connectivity index (χ4n) is 3.83. The van der Waals surface area contributed by atoms with E-state index in [0.717, 1.165) is 22.9 Å². The molecule has 0 radical (unpaired) electrons. The number of aromatic nitrogens is 2. The van der Waals surface area contributed by atoms with Gasteiger partial charge in [0.05, 0.1) is 11.2 Å². The zero-order valence-electron chi connectivity index (χ0n) is 19.5. The van der Waals surface area contributed by atoms with Gasteiger partial charge in [-0.2, -0.15) is 18.3 Å². The van der Waals surface area contributed by atoms with Crippen molar-refractivity contribution in [1.82, 2.24) is 9.78 Å². The van der Waals surface area contributed by atoms with Crippen LogP contribution in [0.3, 0.4) is 0 Å². The number of hydrogen-bond acceptors (Lipinski definition) is 3. The van der Waals surface area contributed by atoms with Gasteiger partial charge in [-0.25, -0.2) is 4.68 Å². The summed E-state index contributed by atoms with van der Waals surface area (Å²) in [7, 11) is 0. The van der Waals surface area contributed by atoms with E-state index in [-0.39, 0.29) is 10.8 Å². The summed E-state index contributed by atoms with van der Waals surface area (Å²) in [6.07, 6.45) is -4.92. The topological polar surface area (TPSA) is 38.1 Å². The number of thioether (sulfide) groups is 1. The largest absolute Gasteiger partial charge is 0.423 e. The van der Waals surface area contributed by atoms with Crippen molar-refractivity contribution in [1.29, 1.82) is 0 Å². The smallest absolute Gasteiger partial charge is 0.374 e. The normalized spacial score (nSPS) is 14.4. The predicted octanol–water partition coefficient (Wildman–Crippen LogP) is 7.17. The number of halogens is 3. The molecular weight excluding hydrogens is 457 g/mol. The minimum atomic E-state index is -4.92. The Bertz CT molecular complexity index is 1310.